The number of aromatic nitrogens is 1. The van der Waals surface area contributed by atoms with Crippen LogP contribution in [-0.2, 0) is 31.7 Å². The van der Waals surface area contributed by atoms with Gasteiger partial charge < -0.3 is 5.11 Å². The minimum absolute atomic E-state index is 0. The molecule has 0 atom stereocenters. The summed E-state index contributed by atoms with van der Waals surface area (Å²) in [6.07, 6.45) is -3.08. The second kappa shape index (κ2) is 10.6. The summed E-state index contributed by atoms with van der Waals surface area (Å²) in [5.74, 6) is 0.250. The predicted molar refractivity (Wildman–Crippen MR) is 138 cm³/mol. The Labute approximate surface area is 227 Å². The van der Waals surface area contributed by atoms with E-state index in [1.54, 1.807) is 6.07 Å². The number of fused-ring (bicyclic) bond motifs is 4. The van der Waals surface area contributed by atoms with Crippen molar-refractivity contribution in [1.82, 2.24) is 4.98 Å². The third-order valence-electron chi connectivity index (χ3n) is 6.23. The molecule has 1 aliphatic carbocycles. The van der Waals surface area contributed by atoms with Crippen LogP contribution in [0.3, 0.4) is 0 Å². The third kappa shape index (κ3) is 5.84. The molecule has 7 heteroatoms. The summed E-state index contributed by atoms with van der Waals surface area (Å²) in [4.78, 5) is 13.1. The number of benzene rings is 3. The normalized spacial score (nSPS) is 13.6. The van der Waals surface area contributed by atoms with Crippen molar-refractivity contribution in [2.45, 2.75) is 39.3 Å². The molecule has 1 aliphatic rings. The Morgan fingerprint density at radius 2 is 1.65 bits per heavy atom. The maximum absolute atomic E-state index is 13.2. The molecular formula is C30H26F3IrNO2. The minimum Gasteiger partial charge on any atom is -0.512 e. The smallest absolute Gasteiger partial charge is 0.416 e. The first-order valence-electron chi connectivity index (χ1n) is 11.4. The molecule has 0 bridgehead atoms. The summed E-state index contributed by atoms with van der Waals surface area (Å²) in [6, 6.07) is 23.1. The zero-order valence-electron chi connectivity index (χ0n) is 20.7. The summed E-state index contributed by atoms with van der Waals surface area (Å²) in [5.41, 5.74) is 4.85. The van der Waals surface area contributed by atoms with Gasteiger partial charge in [0.05, 0.1) is 29.8 Å². The average Bonchev–Trinajstić information content (AvgIpc) is 3.04. The van der Waals surface area contributed by atoms with Crippen LogP contribution in [0.1, 0.15) is 44.4 Å². The summed E-state index contributed by atoms with van der Waals surface area (Å²) >= 11 is 0. The molecular weight excluding hydrogens is 656 g/mol. The van der Waals surface area contributed by atoms with Crippen molar-refractivity contribution in [1.29, 1.82) is 0 Å². The van der Waals surface area contributed by atoms with Crippen molar-refractivity contribution in [3.05, 3.63) is 101 Å². The Kier molecular flexibility index (Phi) is 8.11. The van der Waals surface area contributed by atoms with Gasteiger partial charge in [-0.3, -0.25) is 9.78 Å². The fourth-order valence-corrected chi connectivity index (χ4v) is 4.52. The average molecular weight is 682 g/mol. The predicted octanol–water partition coefficient (Wildman–Crippen LogP) is 8.04. The SMILES string of the molecule is CC(=[OH+])/C=C(/C)O.CC1(C)c2cc(-c3ccc4ccccc4n3)[c-]cc2-c2ccc(C(F)(F)F)cc21.[Ir]. The zero-order chi connectivity index (χ0) is 26.3. The molecule has 5 rings (SSSR count). The van der Waals surface area contributed by atoms with E-state index in [1.165, 1.54) is 26.0 Å². The maximum atomic E-state index is 13.2. The number of hydrogen-bond acceptors (Lipinski definition) is 2. The van der Waals surface area contributed by atoms with Crippen LogP contribution in [0.25, 0.3) is 33.3 Å². The summed E-state index contributed by atoms with van der Waals surface area (Å²) < 4.78 is 39.7. The Morgan fingerprint density at radius 3 is 2.27 bits per heavy atom. The number of nitrogens with zero attached hydrogens (tertiary/aromatic N) is 1. The molecule has 0 saturated heterocycles. The van der Waals surface area contributed by atoms with E-state index in [0.29, 0.717) is 5.56 Å². The van der Waals surface area contributed by atoms with E-state index in [0.717, 1.165) is 44.9 Å². The first-order chi connectivity index (χ1) is 16.9. The van der Waals surface area contributed by atoms with Gasteiger partial charge in [0, 0.05) is 20.1 Å². The number of pyridine rings is 1. The second-order valence-electron chi connectivity index (χ2n) is 9.37. The number of allylic oxidation sites excluding steroid dienone is 2. The minimum atomic E-state index is -4.35. The molecule has 0 saturated carbocycles. The van der Waals surface area contributed by atoms with Gasteiger partial charge in [0.15, 0.2) is 0 Å². The van der Waals surface area contributed by atoms with E-state index in [2.05, 4.69) is 6.07 Å². The van der Waals surface area contributed by atoms with Crippen LogP contribution in [0.2, 0.25) is 0 Å². The van der Waals surface area contributed by atoms with Crippen LogP contribution in [0, 0.1) is 6.07 Å². The molecule has 37 heavy (non-hydrogen) atoms. The van der Waals surface area contributed by atoms with Crippen molar-refractivity contribution in [2.75, 3.05) is 0 Å². The Bertz CT molecular complexity index is 1500. The van der Waals surface area contributed by atoms with E-state index in [9.17, 15) is 13.2 Å². The van der Waals surface area contributed by atoms with E-state index >= 15 is 0 Å². The van der Waals surface area contributed by atoms with Crippen LogP contribution in [0.5, 0.6) is 0 Å². The number of aliphatic hydroxyl groups excluding tert-OH is 1. The third-order valence-corrected chi connectivity index (χ3v) is 6.23. The monoisotopic (exact) mass is 682 g/mol. The molecule has 193 valence electrons. The number of ketones is 1. The number of rotatable bonds is 2. The number of hydrogen-bond donors (Lipinski definition) is 1. The molecule has 4 aromatic rings. The van der Waals surface area contributed by atoms with Crippen LogP contribution >= 0.6 is 0 Å². The van der Waals surface area contributed by atoms with Crippen molar-refractivity contribution >= 4 is 16.7 Å². The molecule has 3 nitrogen and oxygen atoms in total. The number of para-hydroxylation sites is 1. The quantitative estimate of drug-likeness (QED) is 0.101. The van der Waals surface area contributed by atoms with Gasteiger partial charge >= 0.3 is 12.0 Å². The Morgan fingerprint density at radius 1 is 0.973 bits per heavy atom. The molecule has 0 spiro atoms. The van der Waals surface area contributed by atoms with Crippen LogP contribution in [0.4, 0.5) is 13.2 Å². The molecule has 0 aliphatic heterocycles. The largest absolute Gasteiger partial charge is 0.512 e. The number of carbonyl (C=O) groups excluding carboxylic acids is 1. The fourth-order valence-electron chi connectivity index (χ4n) is 4.52. The summed E-state index contributed by atoms with van der Waals surface area (Å²) in [6.45, 7) is 6.93. The van der Waals surface area contributed by atoms with E-state index in [4.69, 9.17) is 14.9 Å². The van der Waals surface area contributed by atoms with Gasteiger partial charge in [0.25, 0.3) is 0 Å². The summed E-state index contributed by atoms with van der Waals surface area (Å²) in [7, 11) is 0. The fraction of sp³-hybridized carbons (Fsp3) is 0.200. The Hall–Kier alpha value is -3.28. The molecule has 0 fully saturated rings. The molecule has 1 heterocycles. The number of alkyl halides is 3. The van der Waals surface area contributed by atoms with Gasteiger partial charge in [-0.05, 0) is 41.1 Å². The van der Waals surface area contributed by atoms with E-state index in [1.807, 2.05) is 62.4 Å². The molecule has 0 unspecified atom stereocenters. The van der Waals surface area contributed by atoms with Crippen LogP contribution in [-0.4, -0.2) is 20.7 Å². The van der Waals surface area contributed by atoms with Crippen LogP contribution < -0.4 is 0 Å². The zero-order valence-corrected chi connectivity index (χ0v) is 23.1. The van der Waals surface area contributed by atoms with Crippen molar-refractivity contribution in [3.8, 4) is 22.4 Å². The van der Waals surface area contributed by atoms with Gasteiger partial charge in [0.2, 0.25) is 0 Å². The van der Waals surface area contributed by atoms with Gasteiger partial charge in [-0.15, -0.1) is 29.3 Å². The van der Waals surface area contributed by atoms with Gasteiger partial charge in [-0.1, -0.05) is 67.4 Å². The first-order valence-corrected chi connectivity index (χ1v) is 11.4. The van der Waals surface area contributed by atoms with Gasteiger partial charge in [0.1, 0.15) is 0 Å². The standard InChI is InChI=1S/C25H17F3N.C5H8O2.Ir/c1-24(2)20-13-16(23-12-8-15-5-3-4-6-22(15)29-23)7-10-18(20)19-11-9-17(14-21(19)24)25(26,27)28;1-4(6)3-5(2)7;/h3-6,8-14H,1-2H3;3,6H,1-2H3;/q-1;;/p+1/b;4-3-;. The first kappa shape index (κ1) is 28.3. The Balaban J connectivity index is 0.000000422. The van der Waals surface area contributed by atoms with Gasteiger partial charge in [-0.2, -0.15) is 13.2 Å². The van der Waals surface area contributed by atoms with Crippen molar-refractivity contribution in [2.24, 2.45) is 0 Å². The molecule has 0 amide bonds. The van der Waals surface area contributed by atoms with Crippen molar-refractivity contribution < 1.29 is 43.2 Å². The topological polar surface area (TPSA) is 54.5 Å². The van der Waals surface area contributed by atoms with E-state index < -0.39 is 17.2 Å². The van der Waals surface area contributed by atoms with Crippen molar-refractivity contribution in [3.63, 3.8) is 0 Å². The summed E-state index contributed by atoms with van der Waals surface area (Å²) in [5, 5.41) is 9.46. The maximum Gasteiger partial charge on any atom is 0.416 e. The van der Waals surface area contributed by atoms with Crippen LogP contribution in [0.15, 0.2) is 78.6 Å². The molecule has 3 aromatic carbocycles. The van der Waals surface area contributed by atoms with E-state index in [-0.39, 0.29) is 31.6 Å². The van der Waals surface area contributed by atoms with Gasteiger partial charge in [-0.25, -0.2) is 0 Å². The number of halogens is 3. The molecule has 1 aromatic heterocycles. The number of aliphatic hydroxyl groups is 1. The molecule has 2 N–H and O–H groups in total. The second-order valence-corrected chi connectivity index (χ2v) is 9.37. The molecule has 1 radical (unpaired) electrons.